The van der Waals surface area contributed by atoms with Crippen LogP contribution in [0.2, 0.25) is 0 Å². The number of fused-ring (bicyclic) bond motifs is 3. The lowest BCUT2D eigenvalue weighted by Crippen LogP contribution is -1.99. The molecule has 136 valence electrons. The molecule has 0 saturated heterocycles. The molecule has 0 spiro atoms. The van der Waals surface area contributed by atoms with Gasteiger partial charge >= 0.3 is 0 Å². The molecule has 1 N–H and O–H groups in total. The molecule has 0 aliphatic heterocycles. The molecular formula is C27H22O. The Bertz CT molecular complexity index is 1160. The molecule has 1 nitrogen and oxygen atoms in total. The smallest absolute Gasteiger partial charge is 0.115 e. The van der Waals surface area contributed by atoms with Gasteiger partial charge in [-0.15, -0.1) is 0 Å². The van der Waals surface area contributed by atoms with Crippen LogP contribution < -0.4 is 0 Å². The molecule has 0 atom stereocenters. The Balaban J connectivity index is 1.73. The van der Waals surface area contributed by atoms with Gasteiger partial charge in [0.05, 0.1) is 0 Å². The number of benzene rings is 4. The Morgan fingerprint density at radius 2 is 1.50 bits per heavy atom. The summed E-state index contributed by atoms with van der Waals surface area (Å²) >= 11 is 0. The summed E-state index contributed by atoms with van der Waals surface area (Å²) < 4.78 is 0. The number of rotatable bonds is 3. The SMILES string of the molecule is Cc1c2c(cc(Cc3ccccc3)c1-c1ccc(O)cc1)-c1ccccc1C2. The van der Waals surface area contributed by atoms with Crippen molar-refractivity contribution in [2.45, 2.75) is 19.8 Å². The van der Waals surface area contributed by atoms with E-state index in [-0.39, 0.29) is 0 Å². The molecule has 0 amide bonds. The van der Waals surface area contributed by atoms with Crippen molar-refractivity contribution >= 4 is 0 Å². The second kappa shape index (κ2) is 6.69. The van der Waals surface area contributed by atoms with Crippen LogP contribution >= 0.6 is 0 Å². The molecule has 4 aromatic rings. The van der Waals surface area contributed by atoms with Gasteiger partial charge in [0.15, 0.2) is 0 Å². The predicted molar refractivity (Wildman–Crippen MR) is 116 cm³/mol. The average molecular weight is 362 g/mol. The van der Waals surface area contributed by atoms with Crippen molar-refractivity contribution in [3.8, 4) is 28.0 Å². The molecular weight excluding hydrogens is 340 g/mol. The van der Waals surface area contributed by atoms with Crippen molar-refractivity contribution < 1.29 is 5.11 Å². The molecule has 0 fully saturated rings. The molecule has 28 heavy (non-hydrogen) atoms. The quantitative estimate of drug-likeness (QED) is 0.387. The molecule has 0 heterocycles. The van der Waals surface area contributed by atoms with Gasteiger partial charge in [-0.25, -0.2) is 0 Å². The summed E-state index contributed by atoms with van der Waals surface area (Å²) in [7, 11) is 0. The maximum absolute atomic E-state index is 9.75. The highest BCUT2D eigenvalue weighted by atomic mass is 16.3. The van der Waals surface area contributed by atoms with Crippen molar-refractivity contribution in [1.82, 2.24) is 0 Å². The van der Waals surface area contributed by atoms with Crippen LogP contribution in [0.5, 0.6) is 5.75 Å². The molecule has 1 heteroatoms. The van der Waals surface area contributed by atoms with Gasteiger partial charge in [-0.3, -0.25) is 0 Å². The first-order chi connectivity index (χ1) is 13.7. The first kappa shape index (κ1) is 16.8. The lowest BCUT2D eigenvalue weighted by atomic mass is 9.86. The van der Waals surface area contributed by atoms with Crippen molar-refractivity contribution in [1.29, 1.82) is 0 Å². The zero-order valence-corrected chi connectivity index (χ0v) is 15.9. The largest absolute Gasteiger partial charge is 0.508 e. The molecule has 0 unspecified atom stereocenters. The fourth-order valence-electron chi connectivity index (χ4n) is 4.51. The lowest BCUT2D eigenvalue weighted by molar-refractivity contribution is 0.475. The summed E-state index contributed by atoms with van der Waals surface area (Å²) in [6.45, 7) is 2.25. The Morgan fingerprint density at radius 1 is 0.786 bits per heavy atom. The van der Waals surface area contributed by atoms with Gasteiger partial charge in [0.1, 0.15) is 5.75 Å². The van der Waals surface area contributed by atoms with Gasteiger partial charge in [0, 0.05) is 0 Å². The minimum atomic E-state index is 0.305. The second-order valence-electron chi connectivity index (χ2n) is 7.60. The van der Waals surface area contributed by atoms with E-state index in [0.29, 0.717) is 5.75 Å². The summed E-state index contributed by atoms with van der Waals surface area (Å²) in [5.74, 6) is 0.305. The molecule has 5 rings (SSSR count). The Kier molecular flexibility index (Phi) is 4.02. The first-order valence-electron chi connectivity index (χ1n) is 9.77. The van der Waals surface area contributed by atoms with Crippen molar-refractivity contribution in [3.05, 3.63) is 113 Å². The molecule has 1 aliphatic rings. The van der Waals surface area contributed by atoms with Crippen LogP contribution in [0.25, 0.3) is 22.3 Å². The molecule has 0 bridgehead atoms. The molecule has 1 aliphatic carbocycles. The van der Waals surface area contributed by atoms with Crippen molar-refractivity contribution in [2.75, 3.05) is 0 Å². The highest BCUT2D eigenvalue weighted by Gasteiger charge is 2.24. The Labute approximate surface area is 165 Å². The monoisotopic (exact) mass is 362 g/mol. The maximum atomic E-state index is 9.75. The predicted octanol–water partition coefficient (Wildman–Crippen LogP) is 6.53. The van der Waals surface area contributed by atoms with Crippen LogP contribution in [-0.2, 0) is 12.8 Å². The van der Waals surface area contributed by atoms with Crippen molar-refractivity contribution in [3.63, 3.8) is 0 Å². The fourth-order valence-corrected chi connectivity index (χ4v) is 4.51. The number of aromatic hydroxyl groups is 1. The minimum absolute atomic E-state index is 0.305. The molecule has 4 aromatic carbocycles. The Morgan fingerprint density at radius 3 is 2.29 bits per heavy atom. The van der Waals surface area contributed by atoms with Crippen LogP contribution in [0, 0.1) is 6.92 Å². The summed E-state index contributed by atoms with van der Waals surface area (Å²) in [6.07, 6.45) is 1.89. The van der Waals surface area contributed by atoms with Gasteiger partial charge in [-0.2, -0.15) is 0 Å². The average Bonchev–Trinajstić information content (AvgIpc) is 3.09. The second-order valence-corrected chi connectivity index (χ2v) is 7.60. The third-order valence-corrected chi connectivity index (χ3v) is 5.86. The van der Waals surface area contributed by atoms with E-state index in [0.717, 1.165) is 12.8 Å². The van der Waals surface area contributed by atoms with E-state index in [9.17, 15) is 5.11 Å². The minimum Gasteiger partial charge on any atom is -0.508 e. The van der Waals surface area contributed by atoms with Gasteiger partial charge in [0.2, 0.25) is 0 Å². The number of hydrogen-bond donors (Lipinski definition) is 1. The van der Waals surface area contributed by atoms with Gasteiger partial charge < -0.3 is 5.11 Å². The highest BCUT2D eigenvalue weighted by Crippen LogP contribution is 2.43. The number of hydrogen-bond acceptors (Lipinski definition) is 1. The summed E-state index contributed by atoms with van der Waals surface area (Å²) in [6, 6.07) is 29.4. The van der Waals surface area contributed by atoms with Gasteiger partial charge in [-0.05, 0) is 88.0 Å². The van der Waals surface area contributed by atoms with E-state index in [2.05, 4.69) is 67.6 Å². The third-order valence-electron chi connectivity index (χ3n) is 5.86. The third kappa shape index (κ3) is 2.80. The summed E-state index contributed by atoms with van der Waals surface area (Å²) in [5, 5.41) is 9.75. The van der Waals surface area contributed by atoms with E-state index in [1.807, 2.05) is 12.1 Å². The summed E-state index contributed by atoms with van der Waals surface area (Å²) in [4.78, 5) is 0. The Hall–Kier alpha value is -3.32. The van der Waals surface area contributed by atoms with E-state index in [4.69, 9.17) is 0 Å². The highest BCUT2D eigenvalue weighted by molar-refractivity contribution is 5.85. The van der Waals surface area contributed by atoms with Crippen LogP contribution in [0.15, 0.2) is 84.9 Å². The van der Waals surface area contributed by atoms with E-state index >= 15 is 0 Å². The van der Waals surface area contributed by atoms with E-state index in [1.54, 1.807) is 12.1 Å². The normalized spacial score (nSPS) is 11.9. The van der Waals surface area contributed by atoms with E-state index < -0.39 is 0 Å². The molecule has 0 saturated carbocycles. The zero-order chi connectivity index (χ0) is 19.1. The van der Waals surface area contributed by atoms with Gasteiger partial charge in [0.25, 0.3) is 0 Å². The number of phenols is 1. The maximum Gasteiger partial charge on any atom is 0.115 e. The molecule has 0 radical (unpaired) electrons. The molecule has 0 aromatic heterocycles. The zero-order valence-electron chi connectivity index (χ0n) is 15.9. The van der Waals surface area contributed by atoms with E-state index in [1.165, 1.54) is 50.1 Å². The van der Waals surface area contributed by atoms with Crippen LogP contribution in [-0.4, -0.2) is 5.11 Å². The fraction of sp³-hybridized carbons (Fsp3) is 0.111. The summed E-state index contributed by atoms with van der Waals surface area (Å²) in [5.41, 5.74) is 12.1. The van der Waals surface area contributed by atoms with Crippen LogP contribution in [0.4, 0.5) is 0 Å². The first-order valence-corrected chi connectivity index (χ1v) is 9.77. The van der Waals surface area contributed by atoms with Gasteiger partial charge in [-0.1, -0.05) is 66.7 Å². The van der Waals surface area contributed by atoms with Crippen LogP contribution in [0.1, 0.15) is 27.8 Å². The topological polar surface area (TPSA) is 20.2 Å². The standard InChI is InChI=1S/C27H22O/c1-18-25-16-21-9-5-6-10-24(21)26(25)17-22(15-19-7-3-2-4-8-19)27(18)20-11-13-23(28)14-12-20/h2-14,17,28H,15-16H2,1H3. The van der Waals surface area contributed by atoms with Crippen molar-refractivity contribution in [2.24, 2.45) is 0 Å². The lowest BCUT2D eigenvalue weighted by Gasteiger charge is -2.18. The number of phenolic OH excluding ortho intramolecular Hbond substituents is 1. The van der Waals surface area contributed by atoms with Crippen LogP contribution in [0.3, 0.4) is 0 Å².